The highest BCUT2D eigenvalue weighted by molar-refractivity contribution is 5.84. The number of rotatable bonds is 2. The molecule has 7 nitrogen and oxygen atoms in total. The van der Waals surface area contributed by atoms with Gasteiger partial charge in [0.1, 0.15) is 0 Å². The normalized spacial score (nSPS) is 11.3. The first-order chi connectivity index (χ1) is 11.1. The molecule has 0 aliphatic heterocycles. The average molecular weight is 306 g/mol. The Kier molecular flexibility index (Phi) is 2.80. The number of nitrogens with two attached hydrogens (primary N) is 2. The van der Waals surface area contributed by atoms with E-state index in [1.807, 2.05) is 30.3 Å². The van der Waals surface area contributed by atoms with E-state index in [0.29, 0.717) is 28.9 Å². The Bertz CT molecular complexity index is 1080. The Morgan fingerprint density at radius 1 is 1.04 bits per heavy atom. The van der Waals surface area contributed by atoms with Crippen LogP contribution in [0.5, 0.6) is 0 Å². The number of nitrogen functional groups attached to an aromatic ring is 2. The van der Waals surface area contributed by atoms with Crippen molar-refractivity contribution < 1.29 is 0 Å². The van der Waals surface area contributed by atoms with Crippen LogP contribution >= 0.6 is 0 Å². The molecule has 0 fully saturated rings. The maximum absolute atomic E-state index is 12.7. The minimum absolute atomic E-state index is 0.201. The summed E-state index contributed by atoms with van der Waals surface area (Å²) in [6, 6.07) is 14.8. The van der Waals surface area contributed by atoms with Gasteiger partial charge in [-0.25, -0.2) is 18.9 Å². The van der Waals surface area contributed by atoms with Crippen molar-refractivity contribution in [2.45, 2.75) is 6.54 Å². The van der Waals surface area contributed by atoms with Gasteiger partial charge in [-0.15, -0.1) is 5.10 Å². The Morgan fingerprint density at radius 2 is 1.83 bits per heavy atom. The molecule has 0 aliphatic rings. The first-order valence-electron chi connectivity index (χ1n) is 7.12. The lowest BCUT2D eigenvalue weighted by molar-refractivity contribution is 0.660. The highest BCUT2D eigenvalue weighted by Gasteiger charge is 2.14. The van der Waals surface area contributed by atoms with Crippen LogP contribution < -0.4 is 17.2 Å². The van der Waals surface area contributed by atoms with Crippen LogP contribution in [0.15, 0.2) is 53.3 Å². The molecule has 23 heavy (non-hydrogen) atoms. The lowest BCUT2D eigenvalue weighted by Gasteiger charge is -2.02. The number of hydrogen-bond acceptors (Lipinski definition) is 5. The van der Waals surface area contributed by atoms with Gasteiger partial charge in [0.15, 0.2) is 5.82 Å². The van der Waals surface area contributed by atoms with E-state index < -0.39 is 0 Å². The second-order valence-electron chi connectivity index (χ2n) is 5.33. The lowest BCUT2D eigenvalue weighted by atomic mass is 10.2. The van der Waals surface area contributed by atoms with Crippen molar-refractivity contribution in [3.05, 3.63) is 64.6 Å². The van der Waals surface area contributed by atoms with Crippen molar-refractivity contribution >= 4 is 28.2 Å². The monoisotopic (exact) mass is 306 g/mol. The molecule has 4 aromatic rings. The number of anilines is 2. The SMILES string of the molecule is Nc1ccc2c(c1)nc(N)c1nn(Cc3ccccc3)c(=O)n12. The summed E-state index contributed by atoms with van der Waals surface area (Å²) in [5.74, 6) is 0.201. The van der Waals surface area contributed by atoms with Crippen molar-refractivity contribution in [1.82, 2.24) is 19.2 Å². The zero-order valence-electron chi connectivity index (χ0n) is 12.2. The highest BCUT2D eigenvalue weighted by Crippen LogP contribution is 2.19. The molecule has 0 bridgehead atoms. The maximum atomic E-state index is 12.7. The Balaban J connectivity index is 1.99. The Hall–Kier alpha value is -3.35. The first-order valence-corrected chi connectivity index (χ1v) is 7.12. The fourth-order valence-electron chi connectivity index (χ4n) is 2.65. The van der Waals surface area contributed by atoms with E-state index in [1.54, 1.807) is 18.2 Å². The summed E-state index contributed by atoms with van der Waals surface area (Å²) in [5, 5.41) is 4.33. The molecule has 0 atom stereocenters. The average Bonchev–Trinajstić information content (AvgIpc) is 2.86. The van der Waals surface area contributed by atoms with Crippen LogP contribution in [-0.4, -0.2) is 19.2 Å². The third-order valence-electron chi connectivity index (χ3n) is 3.72. The van der Waals surface area contributed by atoms with Gasteiger partial charge in [0.25, 0.3) is 0 Å². The molecular formula is C16H14N6O. The molecule has 4 rings (SSSR count). The largest absolute Gasteiger partial charge is 0.399 e. The third-order valence-corrected chi connectivity index (χ3v) is 3.72. The summed E-state index contributed by atoms with van der Waals surface area (Å²) in [5.41, 5.74) is 14.6. The van der Waals surface area contributed by atoms with Gasteiger partial charge in [0.2, 0.25) is 5.65 Å². The van der Waals surface area contributed by atoms with Crippen molar-refractivity contribution in [1.29, 1.82) is 0 Å². The molecule has 0 spiro atoms. The Labute approximate surface area is 130 Å². The second-order valence-corrected chi connectivity index (χ2v) is 5.33. The molecule has 7 heteroatoms. The first kappa shape index (κ1) is 13.3. The lowest BCUT2D eigenvalue weighted by Crippen LogP contribution is -2.22. The fourth-order valence-corrected chi connectivity index (χ4v) is 2.65. The predicted octanol–water partition coefficient (Wildman–Crippen LogP) is 1.26. The van der Waals surface area contributed by atoms with Crippen molar-refractivity contribution in [2.24, 2.45) is 0 Å². The smallest absolute Gasteiger partial charge is 0.351 e. The van der Waals surface area contributed by atoms with Crippen LogP contribution in [0.1, 0.15) is 5.56 Å². The van der Waals surface area contributed by atoms with Crippen molar-refractivity contribution in [3.8, 4) is 0 Å². The van der Waals surface area contributed by atoms with E-state index in [0.717, 1.165) is 5.56 Å². The van der Waals surface area contributed by atoms with Crippen LogP contribution in [0.25, 0.3) is 16.7 Å². The summed E-state index contributed by atoms with van der Waals surface area (Å²) in [7, 11) is 0. The van der Waals surface area contributed by atoms with E-state index in [9.17, 15) is 4.79 Å². The quantitative estimate of drug-likeness (QED) is 0.542. The molecule has 0 unspecified atom stereocenters. The van der Waals surface area contributed by atoms with E-state index in [-0.39, 0.29) is 11.5 Å². The Morgan fingerprint density at radius 3 is 2.61 bits per heavy atom. The molecular weight excluding hydrogens is 292 g/mol. The van der Waals surface area contributed by atoms with Gasteiger partial charge >= 0.3 is 5.69 Å². The van der Waals surface area contributed by atoms with Crippen LogP contribution in [0.2, 0.25) is 0 Å². The van der Waals surface area contributed by atoms with Gasteiger partial charge in [0.05, 0.1) is 17.6 Å². The van der Waals surface area contributed by atoms with Gasteiger partial charge in [-0.05, 0) is 23.8 Å². The number of fused-ring (bicyclic) bond motifs is 3. The van der Waals surface area contributed by atoms with Gasteiger partial charge in [-0.3, -0.25) is 0 Å². The molecule has 4 N–H and O–H groups in total. The minimum atomic E-state index is -0.257. The van der Waals surface area contributed by atoms with E-state index in [1.165, 1.54) is 9.08 Å². The number of aromatic nitrogens is 4. The standard InChI is InChI=1S/C16H14N6O/c17-11-6-7-13-12(8-11)19-14(18)15-20-21(16(23)22(13)15)9-10-4-2-1-3-5-10/h1-8H,9,17H2,(H2,18,19). The van der Waals surface area contributed by atoms with Gasteiger partial charge in [-0.1, -0.05) is 30.3 Å². The fraction of sp³-hybridized carbons (Fsp3) is 0.0625. The van der Waals surface area contributed by atoms with E-state index in [2.05, 4.69) is 10.1 Å². The summed E-state index contributed by atoms with van der Waals surface area (Å²) < 4.78 is 2.86. The second kappa shape index (κ2) is 4.84. The van der Waals surface area contributed by atoms with Crippen molar-refractivity contribution in [3.63, 3.8) is 0 Å². The topological polar surface area (TPSA) is 104 Å². The molecule has 2 heterocycles. The number of nitrogens with zero attached hydrogens (tertiary/aromatic N) is 4. The van der Waals surface area contributed by atoms with Crippen molar-refractivity contribution in [2.75, 3.05) is 11.5 Å². The molecule has 114 valence electrons. The minimum Gasteiger partial charge on any atom is -0.399 e. The zero-order chi connectivity index (χ0) is 16.0. The molecule has 0 aliphatic carbocycles. The molecule has 0 saturated carbocycles. The molecule has 2 aromatic carbocycles. The van der Waals surface area contributed by atoms with Gasteiger partial charge in [0, 0.05) is 5.69 Å². The number of hydrogen-bond donors (Lipinski definition) is 2. The van der Waals surface area contributed by atoms with Crippen LogP contribution in [0, 0.1) is 0 Å². The summed E-state index contributed by atoms with van der Waals surface area (Å²) in [6.07, 6.45) is 0. The van der Waals surface area contributed by atoms with Crippen LogP contribution in [0.3, 0.4) is 0 Å². The van der Waals surface area contributed by atoms with E-state index in [4.69, 9.17) is 11.5 Å². The molecule has 0 radical (unpaired) electrons. The molecule has 0 amide bonds. The zero-order valence-corrected chi connectivity index (χ0v) is 12.2. The summed E-state index contributed by atoms with van der Waals surface area (Å²) in [4.78, 5) is 17.0. The molecule has 0 saturated heterocycles. The van der Waals surface area contributed by atoms with Crippen LogP contribution in [0.4, 0.5) is 11.5 Å². The van der Waals surface area contributed by atoms with Gasteiger partial charge in [-0.2, -0.15) is 0 Å². The molecule has 2 aromatic heterocycles. The maximum Gasteiger partial charge on any atom is 0.351 e. The predicted molar refractivity (Wildman–Crippen MR) is 89.1 cm³/mol. The highest BCUT2D eigenvalue weighted by atomic mass is 16.2. The summed E-state index contributed by atoms with van der Waals surface area (Å²) >= 11 is 0. The number of benzene rings is 2. The van der Waals surface area contributed by atoms with Crippen LogP contribution in [-0.2, 0) is 6.54 Å². The third kappa shape index (κ3) is 2.10. The summed E-state index contributed by atoms with van der Waals surface area (Å²) in [6.45, 7) is 0.372. The van der Waals surface area contributed by atoms with Gasteiger partial charge < -0.3 is 11.5 Å². The van der Waals surface area contributed by atoms with E-state index >= 15 is 0 Å².